The van der Waals surface area contributed by atoms with E-state index in [2.05, 4.69) is 110 Å². The van der Waals surface area contributed by atoms with E-state index in [0.29, 0.717) is 134 Å². The number of thiol groups is 1. The van der Waals surface area contributed by atoms with Gasteiger partial charge in [0, 0.05) is 44.6 Å². The number of ether oxygens (including phenoxy) is 8. The molecular formula is C54H94N10O14S3. The van der Waals surface area contributed by atoms with Gasteiger partial charge in [-0.3, -0.25) is 14.4 Å². The quantitative estimate of drug-likeness (QED) is 0.0190. The molecule has 1 heterocycles. The smallest absolute Gasteiger partial charge is 0.407 e. The fourth-order valence-electron chi connectivity index (χ4n) is 6.38. The van der Waals surface area contributed by atoms with E-state index >= 15 is 0 Å². The average Bonchev–Trinajstić information content (AvgIpc) is 3.85. The molecule has 0 aliphatic heterocycles. The third-order valence-corrected chi connectivity index (χ3v) is 13.7. The fourth-order valence-corrected chi connectivity index (χ4v) is 8.11. The predicted octanol–water partition coefficient (Wildman–Crippen LogP) is 5.37. The van der Waals surface area contributed by atoms with Crippen LogP contribution < -0.4 is 32.3 Å². The van der Waals surface area contributed by atoms with Gasteiger partial charge in [0.05, 0.1) is 111 Å². The average molecular weight is 1200 g/mol. The van der Waals surface area contributed by atoms with Gasteiger partial charge in [-0.15, -0.1) is 28.6 Å². The van der Waals surface area contributed by atoms with Crippen molar-refractivity contribution >= 4 is 77.4 Å². The van der Waals surface area contributed by atoms with Crippen molar-refractivity contribution in [2.45, 2.75) is 135 Å². The lowest BCUT2D eigenvalue weighted by molar-refractivity contribution is -0.133. The first-order chi connectivity index (χ1) is 38.4. The van der Waals surface area contributed by atoms with Gasteiger partial charge in [0.2, 0.25) is 11.8 Å². The van der Waals surface area contributed by atoms with Gasteiger partial charge in [-0.25, -0.2) is 14.3 Å². The molecule has 2 rings (SSSR count). The van der Waals surface area contributed by atoms with Gasteiger partial charge >= 0.3 is 12.1 Å². The SMILES string of the molecule is CC(C)[C@H](NC(=O)CON=C(CSC(C)(C)C)CSC(C)(C)C)C(=O)N[C@@H](CCCNC(N)=O)C(=O)Nc1ccc(COC(=O)NCc2cn(CCOCCOCCOCCOCCOCCOCCOCCC(C)(C)S)nn2)cc1. The third kappa shape index (κ3) is 40.4. The van der Waals surface area contributed by atoms with E-state index in [-0.39, 0.29) is 46.3 Å². The van der Waals surface area contributed by atoms with Crippen LogP contribution >= 0.6 is 36.2 Å². The number of alkyl carbamates (subject to hydrolysis) is 1. The van der Waals surface area contributed by atoms with Gasteiger partial charge in [0.25, 0.3) is 5.91 Å². The summed E-state index contributed by atoms with van der Waals surface area (Å²) in [6, 6.07) is 3.84. The number of primary amides is 1. The number of amides is 6. The Balaban J connectivity index is 1.67. The molecule has 0 bridgehead atoms. The van der Waals surface area contributed by atoms with Crippen LogP contribution in [-0.4, -0.2) is 194 Å². The number of hydrogen-bond donors (Lipinski definition) is 7. The van der Waals surface area contributed by atoms with Crippen LogP contribution in [0, 0.1) is 5.92 Å². The molecule has 0 radical (unpaired) electrons. The minimum atomic E-state index is -1.05. The highest BCUT2D eigenvalue weighted by atomic mass is 32.2. The minimum absolute atomic E-state index is 0.00973. The van der Waals surface area contributed by atoms with Crippen molar-refractivity contribution in [2.75, 3.05) is 122 Å². The summed E-state index contributed by atoms with van der Waals surface area (Å²) in [5.41, 5.74) is 7.61. The van der Waals surface area contributed by atoms with Gasteiger partial charge in [0.15, 0.2) is 6.61 Å². The number of urea groups is 1. The number of nitrogens with zero attached hydrogens (tertiary/aromatic N) is 4. The van der Waals surface area contributed by atoms with Crippen molar-refractivity contribution in [1.82, 2.24) is 36.3 Å². The molecule has 7 N–H and O–H groups in total. The zero-order valence-electron chi connectivity index (χ0n) is 49.4. The third-order valence-electron chi connectivity index (χ3n) is 10.7. The molecule has 24 nitrogen and oxygen atoms in total. The van der Waals surface area contributed by atoms with E-state index in [1.807, 2.05) is 0 Å². The van der Waals surface area contributed by atoms with Crippen molar-refractivity contribution in [3.05, 3.63) is 41.7 Å². The first-order valence-corrected chi connectivity index (χ1v) is 29.9. The Morgan fingerprint density at radius 2 is 1.22 bits per heavy atom. The molecule has 1 aromatic heterocycles. The number of benzene rings is 1. The second-order valence-electron chi connectivity index (χ2n) is 21.5. The van der Waals surface area contributed by atoms with E-state index in [4.69, 9.17) is 48.5 Å². The number of carbonyl (C=O) groups excluding carboxylic acids is 5. The number of oxime groups is 1. The zero-order chi connectivity index (χ0) is 59.9. The van der Waals surface area contributed by atoms with Crippen LogP contribution in [0.1, 0.15) is 99.8 Å². The lowest BCUT2D eigenvalue weighted by Gasteiger charge is -2.25. The summed E-state index contributed by atoms with van der Waals surface area (Å²) in [6.07, 6.45) is 2.36. The summed E-state index contributed by atoms with van der Waals surface area (Å²) < 4.78 is 45.7. The molecule has 0 aliphatic carbocycles. The maximum atomic E-state index is 13.7. The lowest BCUT2D eigenvalue weighted by Crippen LogP contribution is -2.55. The Labute approximate surface area is 493 Å². The van der Waals surface area contributed by atoms with Crippen LogP contribution in [0.5, 0.6) is 0 Å². The van der Waals surface area contributed by atoms with E-state index in [1.54, 1.807) is 72.5 Å². The number of thioether (sulfide) groups is 2. The Morgan fingerprint density at radius 1 is 0.704 bits per heavy atom. The largest absolute Gasteiger partial charge is 0.445 e. The summed E-state index contributed by atoms with van der Waals surface area (Å²) >= 11 is 7.93. The second-order valence-corrected chi connectivity index (χ2v) is 26.3. The molecule has 0 fully saturated rings. The van der Waals surface area contributed by atoms with Crippen molar-refractivity contribution in [3.63, 3.8) is 0 Å². The first-order valence-electron chi connectivity index (χ1n) is 27.4. The maximum Gasteiger partial charge on any atom is 0.407 e. The second kappa shape index (κ2) is 41.5. The maximum absolute atomic E-state index is 13.7. The predicted molar refractivity (Wildman–Crippen MR) is 319 cm³/mol. The van der Waals surface area contributed by atoms with E-state index in [9.17, 15) is 24.0 Å². The Kier molecular flexibility index (Phi) is 37.3. The summed E-state index contributed by atoms with van der Waals surface area (Å²) in [6.45, 7) is 27.3. The first kappa shape index (κ1) is 72.7. The van der Waals surface area contributed by atoms with Gasteiger partial charge in [-0.1, -0.05) is 91.7 Å². The highest BCUT2D eigenvalue weighted by Gasteiger charge is 2.29. The van der Waals surface area contributed by atoms with Crippen LogP contribution in [0.3, 0.4) is 0 Å². The summed E-state index contributed by atoms with van der Waals surface area (Å²) in [5, 5.41) is 25.9. The van der Waals surface area contributed by atoms with Crippen molar-refractivity contribution in [1.29, 1.82) is 0 Å². The number of rotatable bonds is 45. The zero-order valence-corrected chi connectivity index (χ0v) is 52.0. The lowest BCUT2D eigenvalue weighted by atomic mass is 10.0. The molecule has 6 amide bonds. The van der Waals surface area contributed by atoms with Gasteiger partial charge in [-0.2, -0.15) is 12.6 Å². The van der Waals surface area contributed by atoms with Crippen LogP contribution in [0.25, 0.3) is 0 Å². The normalized spacial score (nSPS) is 12.6. The van der Waals surface area contributed by atoms with Crippen molar-refractivity contribution < 1.29 is 66.7 Å². The number of nitrogens with one attached hydrogen (secondary N) is 5. The number of hydrogen-bond acceptors (Lipinski definition) is 20. The molecular weight excluding hydrogens is 1110 g/mol. The molecule has 27 heteroatoms. The molecule has 0 aliphatic rings. The number of aromatic nitrogens is 3. The highest BCUT2D eigenvalue weighted by molar-refractivity contribution is 8.02. The molecule has 1 aromatic carbocycles. The minimum Gasteiger partial charge on any atom is -0.445 e. The standard InChI is InChI=1S/C54H94N10O14S3/c1-40(2)47(60-46(65)37-78-62-44(38-80-52(3,4)5)39-81-53(6,7)8)49(67)59-45(12-11-18-56-50(55)68)48(66)58-42-15-13-41(14-16-42)36-77-51(69)57-34-43-35-64(63-61-43)19-21-71-23-25-73-27-29-75-31-33-76-32-30-74-28-26-72-24-22-70-20-17-54(9,10)79/h13-16,35,40,45,47,79H,11-12,17-34,36-39H2,1-10H3,(H,57,69)(H,58,66)(H,59,67)(H,60,65)(H3,55,56,68)/t45-,47-/m0/s1. The Morgan fingerprint density at radius 3 is 1.72 bits per heavy atom. The van der Waals surface area contributed by atoms with Crippen LogP contribution in [0.2, 0.25) is 0 Å². The Hall–Kier alpha value is -4.45. The van der Waals surface area contributed by atoms with E-state index in [0.717, 1.165) is 12.1 Å². The van der Waals surface area contributed by atoms with Crippen molar-refractivity contribution in [2.24, 2.45) is 16.8 Å². The molecule has 0 saturated heterocycles. The summed E-state index contributed by atoms with van der Waals surface area (Å²) in [7, 11) is 0. The molecule has 462 valence electrons. The number of anilines is 1. The molecule has 0 spiro atoms. The highest BCUT2D eigenvalue weighted by Crippen LogP contribution is 2.27. The van der Waals surface area contributed by atoms with Gasteiger partial charge < -0.3 is 75.1 Å². The molecule has 0 unspecified atom stereocenters. The molecule has 0 saturated carbocycles. The van der Waals surface area contributed by atoms with Crippen molar-refractivity contribution in [3.8, 4) is 0 Å². The van der Waals surface area contributed by atoms with Crippen LogP contribution in [0.15, 0.2) is 35.6 Å². The number of nitrogens with two attached hydrogens (primary N) is 1. The van der Waals surface area contributed by atoms with Crippen LogP contribution in [0.4, 0.5) is 15.3 Å². The van der Waals surface area contributed by atoms with E-state index in [1.165, 1.54) is 0 Å². The molecule has 2 aromatic rings. The van der Waals surface area contributed by atoms with E-state index < -0.39 is 48.5 Å². The monoisotopic (exact) mass is 1200 g/mol. The van der Waals surface area contributed by atoms with Gasteiger partial charge in [-0.05, 0) is 42.9 Å². The molecule has 2 atom stereocenters. The summed E-state index contributed by atoms with van der Waals surface area (Å²) in [5.74, 6) is -0.748. The van der Waals surface area contributed by atoms with Gasteiger partial charge in [0.1, 0.15) is 24.4 Å². The topological polar surface area (TPSA) is 298 Å². The Bertz CT molecular complexity index is 2080. The summed E-state index contributed by atoms with van der Waals surface area (Å²) in [4.78, 5) is 69.7. The van der Waals surface area contributed by atoms with Crippen LogP contribution in [-0.2, 0) is 76.8 Å². The number of carbonyl (C=O) groups is 5. The fraction of sp³-hybridized carbons (Fsp3) is 0.741. The molecule has 81 heavy (non-hydrogen) atoms.